The van der Waals surface area contributed by atoms with Crippen LogP contribution in [0, 0.1) is 0 Å². The van der Waals surface area contributed by atoms with Gasteiger partial charge in [0, 0.05) is 8.41 Å². The first-order valence-corrected chi connectivity index (χ1v) is 1.80. The van der Waals surface area contributed by atoms with Crippen LogP contribution in [-0.4, -0.2) is 23.1 Å². The van der Waals surface area contributed by atoms with Gasteiger partial charge < -0.3 is 14.7 Å². The standard InChI is InChI=1S/B.H3O3P/c;1-4(2)3/h;1-3H. The number of hydrogen-bond donors (Lipinski definition) is 3. The van der Waals surface area contributed by atoms with Crippen molar-refractivity contribution < 1.29 is 14.7 Å². The van der Waals surface area contributed by atoms with Gasteiger partial charge in [0.05, 0.1) is 0 Å². The summed E-state index contributed by atoms with van der Waals surface area (Å²) in [5.41, 5.74) is 0. The molecule has 0 bridgehead atoms. The van der Waals surface area contributed by atoms with Crippen molar-refractivity contribution in [2.75, 3.05) is 0 Å². The third-order valence-corrected chi connectivity index (χ3v) is 0. The fraction of sp³-hybridized carbons (Fsp3) is 0. The SMILES string of the molecule is OP(O)O.[B]. The molecule has 5 heavy (non-hydrogen) atoms. The molecule has 0 spiro atoms. The van der Waals surface area contributed by atoms with Crippen molar-refractivity contribution in [1.29, 1.82) is 0 Å². The summed E-state index contributed by atoms with van der Waals surface area (Å²) in [5.74, 6) is 0. The van der Waals surface area contributed by atoms with Crippen molar-refractivity contribution in [3.05, 3.63) is 0 Å². The lowest BCUT2D eigenvalue weighted by Gasteiger charge is -1.76. The van der Waals surface area contributed by atoms with Crippen LogP contribution in [0.2, 0.25) is 0 Å². The zero-order valence-electron chi connectivity index (χ0n) is 2.37. The molecule has 0 rings (SSSR count). The van der Waals surface area contributed by atoms with E-state index < -0.39 is 8.60 Å². The molecule has 3 radical (unpaired) electrons. The molecule has 0 aliphatic carbocycles. The van der Waals surface area contributed by atoms with Gasteiger partial charge in [-0.15, -0.1) is 0 Å². The van der Waals surface area contributed by atoms with E-state index in [1.165, 1.54) is 0 Å². The minimum absolute atomic E-state index is 0. The highest BCUT2D eigenvalue weighted by Gasteiger charge is 1.76. The van der Waals surface area contributed by atoms with E-state index >= 15 is 0 Å². The Kier molecular flexibility index (Phi) is 7.90. The third kappa shape index (κ3) is 176. The Morgan fingerprint density at radius 1 is 1.00 bits per heavy atom. The number of hydrogen-bond acceptors (Lipinski definition) is 3. The molecule has 0 aliphatic rings. The fourth-order valence-corrected chi connectivity index (χ4v) is 0. The van der Waals surface area contributed by atoms with E-state index in [9.17, 15) is 0 Å². The molecular weight excluding hydrogens is 89.8 g/mol. The van der Waals surface area contributed by atoms with Crippen LogP contribution < -0.4 is 0 Å². The van der Waals surface area contributed by atoms with Crippen LogP contribution in [0.1, 0.15) is 0 Å². The summed E-state index contributed by atoms with van der Waals surface area (Å²) in [4.78, 5) is 21.7. The van der Waals surface area contributed by atoms with Gasteiger partial charge in [0.2, 0.25) is 0 Å². The second-order valence-corrected chi connectivity index (χ2v) is 0.805. The highest BCUT2D eigenvalue weighted by atomic mass is 31.2. The van der Waals surface area contributed by atoms with Gasteiger partial charge in [-0.05, 0) is 0 Å². The van der Waals surface area contributed by atoms with Gasteiger partial charge in [0.15, 0.2) is 0 Å². The summed E-state index contributed by atoms with van der Waals surface area (Å²) in [5, 5.41) is 0. The predicted octanol–water partition coefficient (Wildman–Crippen LogP) is -1.19. The van der Waals surface area contributed by atoms with Crippen LogP contribution in [-0.2, 0) is 0 Å². The Morgan fingerprint density at radius 2 is 1.00 bits per heavy atom. The van der Waals surface area contributed by atoms with Crippen LogP contribution in [0.5, 0.6) is 0 Å². The van der Waals surface area contributed by atoms with Gasteiger partial charge in [0.1, 0.15) is 0 Å². The van der Waals surface area contributed by atoms with E-state index in [1.807, 2.05) is 0 Å². The highest BCUT2D eigenvalue weighted by molar-refractivity contribution is 7.38. The lowest BCUT2D eigenvalue weighted by Crippen LogP contribution is -1.54. The molecule has 5 heteroatoms. The fourth-order valence-electron chi connectivity index (χ4n) is 0. The summed E-state index contributed by atoms with van der Waals surface area (Å²) >= 11 is 0. The zero-order valence-corrected chi connectivity index (χ0v) is 3.26. The Hall–Kier alpha value is 0.375. The van der Waals surface area contributed by atoms with E-state index in [1.54, 1.807) is 0 Å². The Balaban J connectivity index is 0. The summed E-state index contributed by atoms with van der Waals surface area (Å²) in [6.45, 7) is 0. The van der Waals surface area contributed by atoms with Crippen LogP contribution in [0.4, 0.5) is 0 Å². The summed E-state index contributed by atoms with van der Waals surface area (Å²) in [6, 6.07) is 0. The molecule has 0 aromatic heterocycles. The minimum Gasteiger partial charge on any atom is -0.328 e. The van der Waals surface area contributed by atoms with Crippen molar-refractivity contribution in [2.45, 2.75) is 0 Å². The van der Waals surface area contributed by atoms with Crippen molar-refractivity contribution >= 4 is 17.0 Å². The average molecular weight is 92.8 g/mol. The summed E-state index contributed by atoms with van der Waals surface area (Å²) < 4.78 is 0. The molecular formula is H3BO3P. The maximum absolute atomic E-state index is 7.23. The monoisotopic (exact) mass is 93.0 g/mol. The predicted molar refractivity (Wildman–Crippen MR) is 19.3 cm³/mol. The molecule has 0 saturated heterocycles. The minimum atomic E-state index is -2.62. The topological polar surface area (TPSA) is 60.7 Å². The highest BCUT2D eigenvalue weighted by Crippen LogP contribution is 2.11. The lowest BCUT2D eigenvalue weighted by molar-refractivity contribution is 0.368. The van der Waals surface area contributed by atoms with E-state index in [-0.39, 0.29) is 8.41 Å². The van der Waals surface area contributed by atoms with Gasteiger partial charge in [-0.3, -0.25) is 0 Å². The second-order valence-electron chi connectivity index (χ2n) is 0.268. The van der Waals surface area contributed by atoms with Gasteiger partial charge in [0.25, 0.3) is 0 Å². The molecule has 3 nitrogen and oxygen atoms in total. The van der Waals surface area contributed by atoms with E-state index in [0.29, 0.717) is 0 Å². The van der Waals surface area contributed by atoms with E-state index in [0.717, 1.165) is 0 Å². The Bertz CT molecular complexity index is 11.6. The molecule has 0 aliphatic heterocycles. The molecule has 0 atom stereocenters. The summed E-state index contributed by atoms with van der Waals surface area (Å²) in [7, 11) is -2.62. The van der Waals surface area contributed by atoms with Gasteiger partial charge in [-0.25, -0.2) is 0 Å². The van der Waals surface area contributed by atoms with Gasteiger partial charge in [-0.1, -0.05) is 0 Å². The molecule has 0 saturated carbocycles. The third-order valence-electron chi connectivity index (χ3n) is 0. The van der Waals surface area contributed by atoms with Gasteiger partial charge in [-0.2, -0.15) is 0 Å². The zero-order chi connectivity index (χ0) is 3.58. The normalized spacial score (nSPS) is 7.20. The molecule has 0 aromatic carbocycles. The van der Waals surface area contributed by atoms with Crippen LogP contribution >= 0.6 is 8.60 Å². The Labute approximate surface area is 32.8 Å². The maximum Gasteiger partial charge on any atom is 0.324 e. The van der Waals surface area contributed by atoms with E-state index in [4.69, 9.17) is 14.7 Å². The second kappa shape index (κ2) is 4.37. The van der Waals surface area contributed by atoms with Gasteiger partial charge >= 0.3 is 8.60 Å². The molecule has 0 fully saturated rings. The Morgan fingerprint density at radius 3 is 1.00 bits per heavy atom. The van der Waals surface area contributed by atoms with Crippen molar-refractivity contribution in [3.8, 4) is 0 Å². The van der Waals surface area contributed by atoms with Crippen molar-refractivity contribution in [1.82, 2.24) is 0 Å². The smallest absolute Gasteiger partial charge is 0.324 e. The van der Waals surface area contributed by atoms with Crippen molar-refractivity contribution in [3.63, 3.8) is 0 Å². The maximum atomic E-state index is 7.23. The van der Waals surface area contributed by atoms with Crippen molar-refractivity contribution in [2.24, 2.45) is 0 Å². The lowest BCUT2D eigenvalue weighted by atomic mass is 10.8. The molecule has 0 unspecified atom stereocenters. The average Bonchev–Trinajstić information content (AvgIpc) is 0.811. The quantitative estimate of drug-likeness (QED) is 0.260. The first kappa shape index (κ1) is 9.03. The molecule has 29 valence electrons. The first-order chi connectivity index (χ1) is 1.73. The molecule has 0 aromatic rings. The van der Waals surface area contributed by atoms with Crippen LogP contribution in [0.15, 0.2) is 0 Å². The van der Waals surface area contributed by atoms with Crippen LogP contribution in [0.25, 0.3) is 0 Å². The largest absolute Gasteiger partial charge is 0.328 e. The molecule has 3 N–H and O–H groups in total. The van der Waals surface area contributed by atoms with Crippen LogP contribution in [0.3, 0.4) is 0 Å². The summed E-state index contributed by atoms with van der Waals surface area (Å²) in [6.07, 6.45) is 0. The number of rotatable bonds is 0. The molecule has 0 heterocycles. The first-order valence-electron chi connectivity index (χ1n) is 0.600. The van der Waals surface area contributed by atoms with E-state index in [2.05, 4.69) is 0 Å². The molecule has 0 amide bonds.